The third kappa shape index (κ3) is 3.54. The van der Waals surface area contributed by atoms with E-state index in [4.69, 9.17) is 15.0 Å². The minimum Gasteiger partial charge on any atom is -0.464 e. The van der Waals surface area contributed by atoms with Crippen LogP contribution in [0.4, 0.5) is 0 Å². The minimum absolute atomic E-state index is 0.188. The fourth-order valence-electron chi connectivity index (χ4n) is 1.61. The molecule has 0 bridgehead atoms. The van der Waals surface area contributed by atoms with Crippen molar-refractivity contribution in [2.24, 2.45) is 5.73 Å². The first-order valence-electron chi connectivity index (χ1n) is 5.97. The Labute approximate surface area is 111 Å². The SMILES string of the molecule is CCOC(=O)C(N)C(=O)N(C)Cc1c(C)noc1C. The Morgan fingerprint density at radius 2 is 2.11 bits per heavy atom. The monoisotopic (exact) mass is 269 g/mol. The van der Waals surface area contributed by atoms with Crippen molar-refractivity contribution in [1.29, 1.82) is 0 Å². The molecule has 0 saturated heterocycles. The standard InChI is InChI=1S/C12H19N3O4/c1-5-18-12(17)10(13)11(16)15(4)6-9-7(2)14-19-8(9)3/h10H,5-6,13H2,1-4H3. The number of aryl methyl sites for hydroxylation is 2. The first-order valence-corrected chi connectivity index (χ1v) is 5.97. The fraction of sp³-hybridized carbons (Fsp3) is 0.583. The van der Waals surface area contributed by atoms with E-state index in [0.29, 0.717) is 11.5 Å². The molecule has 1 aromatic heterocycles. The van der Waals surface area contributed by atoms with Crippen LogP contribution in [0.25, 0.3) is 0 Å². The van der Waals surface area contributed by atoms with Crippen LogP contribution in [0.1, 0.15) is 23.9 Å². The lowest BCUT2D eigenvalue weighted by Gasteiger charge is -2.20. The van der Waals surface area contributed by atoms with Crippen molar-refractivity contribution in [2.45, 2.75) is 33.4 Å². The van der Waals surface area contributed by atoms with Gasteiger partial charge >= 0.3 is 5.97 Å². The van der Waals surface area contributed by atoms with Gasteiger partial charge < -0.3 is 19.9 Å². The highest BCUT2D eigenvalue weighted by Gasteiger charge is 2.27. The number of nitrogens with two attached hydrogens (primary N) is 1. The molecule has 7 nitrogen and oxygen atoms in total. The first-order chi connectivity index (χ1) is 8.88. The molecule has 7 heteroatoms. The lowest BCUT2D eigenvalue weighted by molar-refractivity contribution is -0.150. The maximum atomic E-state index is 12.0. The summed E-state index contributed by atoms with van der Waals surface area (Å²) in [4.78, 5) is 24.7. The van der Waals surface area contributed by atoms with Crippen LogP contribution in [-0.4, -0.2) is 41.6 Å². The van der Waals surface area contributed by atoms with Crippen LogP contribution in [0.15, 0.2) is 4.52 Å². The van der Waals surface area contributed by atoms with Gasteiger partial charge in [0.2, 0.25) is 0 Å². The van der Waals surface area contributed by atoms with Gasteiger partial charge in [-0.05, 0) is 20.8 Å². The summed E-state index contributed by atoms with van der Waals surface area (Å²) in [5.74, 6) is -0.585. The highest BCUT2D eigenvalue weighted by Crippen LogP contribution is 2.14. The molecule has 1 rings (SSSR count). The number of nitrogens with zero attached hydrogens (tertiary/aromatic N) is 2. The number of ether oxygens (including phenoxy) is 1. The normalized spacial score (nSPS) is 12.1. The largest absolute Gasteiger partial charge is 0.464 e. The Balaban J connectivity index is 2.70. The molecule has 1 amide bonds. The van der Waals surface area contributed by atoms with Crippen molar-refractivity contribution in [2.75, 3.05) is 13.7 Å². The summed E-state index contributed by atoms with van der Waals surface area (Å²) in [6.07, 6.45) is 0. The van der Waals surface area contributed by atoms with E-state index in [-0.39, 0.29) is 13.2 Å². The van der Waals surface area contributed by atoms with E-state index in [1.165, 1.54) is 4.90 Å². The number of hydrogen-bond donors (Lipinski definition) is 1. The maximum absolute atomic E-state index is 12.0. The molecule has 0 fully saturated rings. The van der Waals surface area contributed by atoms with Crippen molar-refractivity contribution >= 4 is 11.9 Å². The molecular weight excluding hydrogens is 250 g/mol. The third-order valence-electron chi connectivity index (χ3n) is 2.76. The smallest absolute Gasteiger partial charge is 0.332 e. The van der Waals surface area contributed by atoms with E-state index >= 15 is 0 Å². The van der Waals surface area contributed by atoms with Crippen LogP contribution < -0.4 is 5.73 Å². The molecule has 0 saturated carbocycles. The summed E-state index contributed by atoms with van der Waals surface area (Å²) in [6, 6.07) is -1.30. The van der Waals surface area contributed by atoms with E-state index in [9.17, 15) is 9.59 Å². The number of aromatic nitrogens is 1. The summed E-state index contributed by atoms with van der Waals surface area (Å²) >= 11 is 0. The summed E-state index contributed by atoms with van der Waals surface area (Å²) in [7, 11) is 1.56. The molecule has 1 heterocycles. The molecule has 1 atom stereocenters. The second-order valence-corrected chi connectivity index (χ2v) is 4.23. The predicted octanol–water partition coefficient (Wildman–Crippen LogP) is 0.140. The van der Waals surface area contributed by atoms with E-state index in [1.54, 1.807) is 27.8 Å². The molecule has 0 aliphatic heterocycles. The van der Waals surface area contributed by atoms with Gasteiger partial charge in [-0.2, -0.15) is 0 Å². The van der Waals surface area contributed by atoms with Gasteiger partial charge in [-0.3, -0.25) is 4.79 Å². The Bertz CT molecular complexity index is 450. The van der Waals surface area contributed by atoms with Crippen molar-refractivity contribution in [3.8, 4) is 0 Å². The number of hydrogen-bond acceptors (Lipinski definition) is 6. The van der Waals surface area contributed by atoms with Crippen molar-refractivity contribution in [1.82, 2.24) is 10.1 Å². The zero-order chi connectivity index (χ0) is 14.6. The van der Waals surface area contributed by atoms with Crippen molar-refractivity contribution in [3.63, 3.8) is 0 Å². The number of esters is 1. The first kappa shape index (κ1) is 15.2. The molecule has 1 aromatic rings. The molecule has 0 aliphatic carbocycles. The summed E-state index contributed by atoms with van der Waals surface area (Å²) < 4.78 is 9.73. The van der Waals surface area contributed by atoms with Gasteiger partial charge in [0.05, 0.1) is 18.8 Å². The lowest BCUT2D eigenvalue weighted by Crippen LogP contribution is -2.47. The summed E-state index contributed by atoms with van der Waals surface area (Å²) in [5, 5.41) is 3.80. The van der Waals surface area contributed by atoms with Gasteiger partial charge in [0.1, 0.15) is 5.76 Å². The number of rotatable bonds is 5. The lowest BCUT2D eigenvalue weighted by atomic mass is 10.2. The van der Waals surface area contributed by atoms with Gasteiger partial charge in [-0.1, -0.05) is 5.16 Å². The Hall–Kier alpha value is -1.89. The van der Waals surface area contributed by atoms with Crippen LogP contribution in [0.2, 0.25) is 0 Å². The Morgan fingerprint density at radius 1 is 1.47 bits per heavy atom. The van der Waals surface area contributed by atoms with Crippen LogP contribution >= 0.6 is 0 Å². The third-order valence-corrected chi connectivity index (χ3v) is 2.76. The fourth-order valence-corrected chi connectivity index (χ4v) is 1.61. The molecule has 0 aromatic carbocycles. The van der Waals surface area contributed by atoms with Crippen LogP contribution in [0.3, 0.4) is 0 Å². The topological polar surface area (TPSA) is 98.7 Å². The highest BCUT2D eigenvalue weighted by molar-refractivity contribution is 6.01. The molecule has 2 N–H and O–H groups in total. The average Bonchev–Trinajstić information content (AvgIpc) is 2.68. The maximum Gasteiger partial charge on any atom is 0.332 e. The van der Waals surface area contributed by atoms with Gasteiger partial charge in [0.15, 0.2) is 6.04 Å². The zero-order valence-electron chi connectivity index (χ0n) is 11.6. The van der Waals surface area contributed by atoms with Gasteiger partial charge in [0, 0.05) is 12.6 Å². The summed E-state index contributed by atoms with van der Waals surface area (Å²) in [6.45, 7) is 5.68. The quantitative estimate of drug-likeness (QED) is 0.603. The second-order valence-electron chi connectivity index (χ2n) is 4.23. The van der Waals surface area contributed by atoms with Crippen LogP contribution in [0.5, 0.6) is 0 Å². The van der Waals surface area contributed by atoms with Gasteiger partial charge in [-0.25, -0.2) is 4.79 Å². The van der Waals surface area contributed by atoms with Gasteiger partial charge in [0.25, 0.3) is 5.91 Å². The van der Waals surface area contributed by atoms with E-state index in [1.807, 2.05) is 0 Å². The molecule has 0 radical (unpaired) electrons. The molecule has 1 unspecified atom stereocenters. The predicted molar refractivity (Wildman–Crippen MR) is 67.1 cm³/mol. The Morgan fingerprint density at radius 3 is 2.58 bits per heavy atom. The number of likely N-dealkylation sites (N-methyl/N-ethyl adjacent to an activating group) is 1. The minimum atomic E-state index is -1.30. The summed E-state index contributed by atoms with van der Waals surface area (Å²) in [5.41, 5.74) is 7.07. The van der Waals surface area contributed by atoms with Crippen molar-refractivity contribution in [3.05, 3.63) is 17.0 Å². The van der Waals surface area contributed by atoms with E-state index < -0.39 is 17.9 Å². The molecule has 106 valence electrons. The molecule has 19 heavy (non-hydrogen) atoms. The number of carbonyl (C=O) groups is 2. The van der Waals surface area contributed by atoms with Gasteiger partial charge in [-0.15, -0.1) is 0 Å². The zero-order valence-corrected chi connectivity index (χ0v) is 11.6. The van der Waals surface area contributed by atoms with Crippen LogP contribution in [0, 0.1) is 13.8 Å². The average molecular weight is 269 g/mol. The van der Waals surface area contributed by atoms with E-state index in [2.05, 4.69) is 5.16 Å². The molecule has 0 spiro atoms. The molecular formula is C12H19N3O4. The number of carbonyl (C=O) groups excluding carboxylic acids is 2. The van der Waals surface area contributed by atoms with Crippen LogP contribution in [-0.2, 0) is 20.9 Å². The van der Waals surface area contributed by atoms with Crippen molar-refractivity contribution < 1.29 is 18.8 Å². The van der Waals surface area contributed by atoms with E-state index in [0.717, 1.165) is 5.56 Å². The second kappa shape index (κ2) is 6.33. The Kier molecular flexibility index (Phi) is 5.05. The number of amides is 1. The highest BCUT2D eigenvalue weighted by atomic mass is 16.5. The molecule has 0 aliphatic rings.